The van der Waals surface area contributed by atoms with Gasteiger partial charge in [-0.25, -0.2) is 9.78 Å². The Hall–Kier alpha value is -2.08. The summed E-state index contributed by atoms with van der Waals surface area (Å²) in [5.41, 5.74) is 1.90. The van der Waals surface area contributed by atoms with Crippen LogP contribution in [0, 0.1) is 6.92 Å². The summed E-state index contributed by atoms with van der Waals surface area (Å²) < 4.78 is 29.8. The summed E-state index contributed by atoms with van der Waals surface area (Å²) in [6, 6.07) is 9.93. The average molecular weight is 365 g/mol. The fourth-order valence-electron chi connectivity index (χ4n) is 2.30. The molecule has 0 aliphatic carbocycles. The first kappa shape index (κ1) is 19.2. The van der Waals surface area contributed by atoms with Crippen LogP contribution in [0.15, 0.2) is 42.0 Å². The van der Waals surface area contributed by atoms with Crippen LogP contribution in [0.3, 0.4) is 0 Å². The van der Waals surface area contributed by atoms with Gasteiger partial charge in [0.15, 0.2) is 0 Å². The number of benzene rings is 1. The highest BCUT2D eigenvalue weighted by molar-refractivity contribution is 7.13. The van der Waals surface area contributed by atoms with E-state index in [9.17, 15) is 13.6 Å². The van der Waals surface area contributed by atoms with Crippen LogP contribution in [-0.2, 0) is 11.2 Å². The minimum absolute atomic E-state index is 0.0928. The Balaban J connectivity index is 1.83. The predicted molar refractivity (Wildman–Crippen MR) is 95.1 cm³/mol. The largest absolute Gasteiger partial charge is 0.461 e. The molecule has 1 heterocycles. The zero-order chi connectivity index (χ0) is 18.2. The lowest BCUT2D eigenvalue weighted by molar-refractivity contribution is 0.0503. The number of thiazole rings is 1. The van der Waals surface area contributed by atoms with Crippen molar-refractivity contribution in [3.05, 3.63) is 63.1 Å². The van der Waals surface area contributed by atoms with Gasteiger partial charge in [-0.1, -0.05) is 30.3 Å². The van der Waals surface area contributed by atoms with Gasteiger partial charge < -0.3 is 4.74 Å². The molecule has 0 bridgehead atoms. The number of hydrogen-bond acceptors (Lipinski definition) is 4. The van der Waals surface area contributed by atoms with E-state index in [1.54, 1.807) is 6.92 Å². The molecule has 0 atom stereocenters. The standard InChI is InChI=1S/C19H21F2NO2S/c1-13(18(20)21)8-6-7-11-24-19(23)17-14(2)22-16(25-17)12-15-9-4-3-5-10-15/h3-5,9-10H,6-8,11-12H2,1-2H3. The third-order valence-electron chi connectivity index (χ3n) is 3.73. The van der Waals surface area contributed by atoms with E-state index in [0.717, 1.165) is 10.6 Å². The molecule has 2 rings (SSSR count). The van der Waals surface area contributed by atoms with Crippen molar-refractivity contribution in [1.29, 1.82) is 0 Å². The van der Waals surface area contributed by atoms with Crippen molar-refractivity contribution in [3.8, 4) is 0 Å². The van der Waals surface area contributed by atoms with Crippen LogP contribution in [0.1, 0.15) is 52.1 Å². The highest BCUT2D eigenvalue weighted by Gasteiger charge is 2.16. The van der Waals surface area contributed by atoms with Gasteiger partial charge in [0.05, 0.1) is 17.3 Å². The minimum Gasteiger partial charge on any atom is -0.461 e. The van der Waals surface area contributed by atoms with Gasteiger partial charge in [0.2, 0.25) is 0 Å². The van der Waals surface area contributed by atoms with Crippen LogP contribution in [-0.4, -0.2) is 17.6 Å². The van der Waals surface area contributed by atoms with E-state index < -0.39 is 12.0 Å². The van der Waals surface area contributed by atoms with E-state index in [1.807, 2.05) is 30.3 Å². The first-order valence-corrected chi connectivity index (χ1v) is 8.97. The van der Waals surface area contributed by atoms with Crippen molar-refractivity contribution in [2.24, 2.45) is 0 Å². The molecule has 1 aromatic heterocycles. The molecule has 25 heavy (non-hydrogen) atoms. The highest BCUT2D eigenvalue weighted by atomic mass is 32.1. The number of aryl methyl sites for hydroxylation is 1. The smallest absolute Gasteiger partial charge is 0.350 e. The number of esters is 1. The minimum atomic E-state index is -1.62. The third kappa shape index (κ3) is 6.05. The first-order chi connectivity index (χ1) is 12.0. The Morgan fingerprint density at radius 3 is 2.60 bits per heavy atom. The number of allylic oxidation sites excluding steroid dienone is 1. The van der Waals surface area contributed by atoms with Crippen LogP contribution in [0.4, 0.5) is 8.78 Å². The van der Waals surface area contributed by atoms with Crippen LogP contribution in [0.2, 0.25) is 0 Å². The molecule has 1 aromatic carbocycles. The molecule has 0 fully saturated rings. The van der Waals surface area contributed by atoms with Crippen LogP contribution < -0.4 is 0 Å². The molecule has 2 aromatic rings. The fourth-order valence-corrected chi connectivity index (χ4v) is 3.30. The number of aromatic nitrogens is 1. The zero-order valence-electron chi connectivity index (χ0n) is 14.4. The molecule has 0 amide bonds. The van der Waals surface area contributed by atoms with E-state index in [1.165, 1.54) is 18.3 Å². The average Bonchev–Trinajstić information content (AvgIpc) is 2.95. The van der Waals surface area contributed by atoms with E-state index in [2.05, 4.69) is 4.98 Å². The van der Waals surface area contributed by atoms with E-state index in [4.69, 9.17) is 4.74 Å². The highest BCUT2D eigenvalue weighted by Crippen LogP contribution is 2.22. The Kier molecular flexibility index (Phi) is 7.25. The van der Waals surface area contributed by atoms with Crippen molar-refractivity contribution in [1.82, 2.24) is 4.98 Å². The summed E-state index contributed by atoms with van der Waals surface area (Å²) in [5, 5.41) is 0.870. The van der Waals surface area contributed by atoms with Gasteiger partial charge in [-0.15, -0.1) is 11.3 Å². The Bertz CT molecular complexity index is 737. The second kappa shape index (κ2) is 9.42. The lowest BCUT2D eigenvalue weighted by Crippen LogP contribution is -2.06. The van der Waals surface area contributed by atoms with Gasteiger partial charge in [0, 0.05) is 6.42 Å². The van der Waals surface area contributed by atoms with Crippen LogP contribution in [0.25, 0.3) is 0 Å². The summed E-state index contributed by atoms with van der Waals surface area (Å²) >= 11 is 1.34. The number of unbranched alkanes of at least 4 members (excludes halogenated alkanes) is 1. The summed E-state index contributed by atoms with van der Waals surface area (Å²) in [7, 11) is 0. The maximum absolute atomic E-state index is 12.3. The topological polar surface area (TPSA) is 39.2 Å². The summed E-state index contributed by atoms with van der Waals surface area (Å²) in [4.78, 5) is 17.1. The Morgan fingerprint density at radius 1 is 1.20 bits per heavy atom. The Labute approximate surface area is 150 Å². The predicted octanol–water partition coefficient (Wildman–Crippen LogP) is 5.54. The molecule has 0 radical (unpaired) electrons. The first-order valence-electron chi connectivity index (χ1n) is 8.15. The van der Waals surface area contributed by atoms with E-state index in [0.29, 0.717) is 36.3 Å². The SMILES string of the molecule is CC(CCCCOC(=O)c1sc(Cc2ccccc2)nc1C)=C(F)F. The quantitative estimate of drug-likeness (QED) is 0.455. The molecule has 0 unspecified atom stereocenters. The van der Waals surface area contributed by atoms with Crippen LogP contribution in [0.5, 0.6) is 0 Å². The van der Waals surface area contributed by atoms with Crippen LogP contribution >= 0.6 is 11.3 Å². The van der Waals surface area contributed by atoms with Gasteiger partial charge in [0.25, 0.3) is 6.08 Å². The maximum atomic E-state index is 12.3. The number of nitrogens with zero attached hydrogens (tertiary/aromatic N) is 1. The number of ether oxygens (including phenoxy) is 1. The number of halogens is 2. The number of hydrogen-bond donors (Lipinski definition) is 0. The second-order valence-electron chi connectivity index (χ2n) is 5.82. The van der Waals surface area contributed by atoms with Crippen molar-refractivity contribution in [2.45, 2.75) is 39.5 Å². The zero-order valence-corrected chi connectivity index (χ0v) is 15.2. The summed E-state index contributed by atoms with van der Waals surface area (Å²) in [6.07, 6.45) is 0.506. The number of carbonyl (C=O) groups is 1. The van der Waals surface area contributed by atoms with Gasteiger partial charge in [-0.05, 0) is 44.2 Å². The molecule has 0 saturated heterocycles. The van der Waals surface area contributed by atoms with Crippen molar-refractivity contribution >= 4 is 17.3 Å². The lowest BCUT2D eigenvalue weighted by atomic mass is 10.1. The van der Waals surface area contributed by atoms with E-state index >= 15 is 0 Å². The third-order valence-corrected chi connectivity index (χ3v) is 4.86. The van der Waals surface area contributed by atoms with Crippen molar-refractivity contribution in [3.63, 3.8) is 0 Å². The molecule has 0 N–H and O–H groups in total. The maximum Gasteiger partial charge on any atom is 0.350 e. The molecule has 0 aliphatic rings. The normalized spacial score (nSPS) is 10.6. The van der Waals surface area contributed by atoms with Crippen molar-refractivity contribution < 1.29 is 18.3 Å². The second-order valence-corrected chi connectivity index (χ2v) is 6.90. The molecule has 0 spiro atoms. The fraction of sp³-hybridized carbons (Fsp3) is 0.368. The molecule has 0 saturated carbocycles. The molecular formula is C19H21F2NO2S. The molecular weight excluding hydrogens is 344 g/mol. The monoisotopic (exact) mass is 365 g/mol. The summed E-state index contributed by atoms with van der Waals surface area (Å²) in [5.74, 6) is -0.391. The number of carbonyl (C=O) groups excluding carboxylic acids is 1. The molecule has 6 heteroatoms. The van der Waals surface area contributed by atoms with Gasteiger partial charge >= 0.3 is 5.97 Å². The van der Waals surface area contributed by atoms with Gasteiger partial charge in [-0.2, -0.15) is 8.78 Å². The molecule has 134 valence electrons. The molecule has 0 aliphatic heterocycles. The lowest BCUT2D eigenvalue weighted by Gasteiger charge is -2.04. The van der Waals surface area contributed by atoms with Crippen molar-refractivity contribution in [2.75, 3.05) is 6.61 Å². The van der Waals surface area contributed by atoms with Gasteiger partial charge in [-0.3, -0.25) is 0 Å². The molecule has 3 nitrogen and oxygen atoms in total. The van der Waals surface area contributed by atoms with E-state index in [-0.39, 0.29) is 12.2 Å². The number of rotatable bonds is 8. The summed E-state index contributed by atoms with van der Waals surface area (Å²) in [6.45, 7) is 3.43. The Morgan fingerprint density at radius 2 is 1.92 bits per heavy atom. The van der Waals surface area contributed by atoms with Gasteiger partial charge in [0.1, 0.15) is 4.88 Å².